The molecule has 2 aromatic rings. The number of nitrogens with zero attached hydrogens (tertiary/aromatic N) is 2. The van der Waals surface area contributed by atoms with E-state index in [9.17, 15) is 18.0 Å². The van der Waals surface area contributed by atoms with Gasteiger partial charge in [-0.05, 0) is 38.5 Å². The average Bonchev–Trinajstić information content (AvgIpc) is 3.07. The predicted molar refractivity (Wildman–Crippen MR) is 115 cm³/mol. The number of carbonyl (C=O) groups excluding carboxylic acids is 2. The first-order valence-electron chi connectivity index (χ1n) is 9.69. The van der Waals surface area contributed by atoms with Gasteiger partial charge in [0.25, 0.3) is 0 Å². The van der Waals surface area contributed by atoms with Gasteiger partial charge in [-0.3, -0.25) is 4.79 Å². The van der Waals surface area contributed by atoms with Gasteiger partial charge in [-0.2, -0.15) is 4.31 Å². The van der Waals surface area contributed by atoms with Crippen molar-refractivity contribution in [3.8, 4) is 0 Å². The molecule has 168 valence electrons. The molecule has 9 nitrogen and oxygen atoms in total. The van der Waals surface area contributed by atoms with Crippen LogP contribution in [0.15, 0.2) is 28.3 Å². The van der Waals surface area contributed by atoms with Gasteiger partial charge in [0.05, 0.1) is 41.9 Å². The Morgan fingerprint density at radius 1 is 1.26 bits per heavy atom. The van der Waals surface area contributed by atoms with Crippen molar-refractivity contribution >= 4 is 33.5 Å². The van der Waals surface area contributed by atoms with Crippen LogP contribution < -0.4 is 0 Å². The summed E-state index contributed by atoms with van der Waals surface area (Å²) in [7, 11) is -2.32. The number of carbonyl (C=O) groups is 2. The van der Waals surface area contributed by atoms with Crippen molar-refractivity contribution in [2.75, 3.05) is 33.4 Å². The fourth-order valence-corrected chi connectivity index (χ4v) is 5.57. The summed E-state index contributed by atoms with van der Waals surface area (Å²) in [5.74, 6) is -0.683. The number of morpholine rings is 1. The lowest BCUT2D eigenvalue weighted by molar-refractivity contribution is 0.0599. The molecule has 1 fully saturated rings. The zero-order valence-corrected chi connectivity index (χ0v) is 19.4. The number of H-pyrrole nitrogens is 1. The van der Waals surface area contributed by atoms with E-state index in [1.54, 1.807) is 26.8 Å². The van der Waals surface area contributed by atoms with E-state index in [-0.39, 0.29) is 10.7 Å². The Morgan fingerprint density at radius 2 is 1.94 bits per heavy atom. The minimum Gasteiger partial charge on any atom is -0.465 e. The van der Waals surface area contributed by atoms with Crippen LogP contribution in [-0.4, -0.2) is 73.1 Å². The third-order valence-electron chi connectivity index (χ3n) is 5.06. The largest absolute Gasteiger partial charge is 0.465 e. The minimum absolute atomic E-state index is 0.108. The smallest absolute Gasteiger partial charge is 0.339 e. The van der Waals surface area contributed by atoms with Crippen molar-refractivity contribution in [1.82, 2.24) is 14.3 Å². The predicted octanol–water partition coefficient (Wildman–Crippen LogP) is 2.20. The topological polar surface area (TPSA) is 119 Å². The van der Waals surface area contributed by atoms with Crippen molar-refractivity contribution in [3.63, 3.8) is 0 Å². The molecule has 11 heteroatoms. The molecule has 0 aromatic carbocycles. The molecule has 1 unspecified atom stereocenters. The van der Waals surface area contributed by atoms with Crippen molar-refractivity contribution < 1.29 is 27.5 Å². The van der Waals surface area contributed by atoms with Crippen molar-refractivity contribution in [1.29, 1.82) is 0 Å². The second-order valence-electron chi connectivity index (χ2n) is 7.09. The number of esters is 1. The zero-order valence-electron chi connectivity index (χ0n) is 17.8. The molecule has 0 aliphatic carbocycles. The number of aryl methyl sites for hydroxylation is 1. The van der Waals surface area contributed by atoms with Crippen LogP contribution in [0.4, 0.5) is 0 Å². The molecule has 0 bridgehead atoms. The van der Waals surface area contributed by atoms with Crippen LogP contribution >= 0.6 is 11.8 Å². The van der Waals surface area contributed by atoms with Crippen LogP contribution in [0.2, 0.25) is 0 Å². The second-order valence-corrected chi connectivity index (χ2v) is 10.4. The second kappa shape index (κ2) is 9.51. The third-order valence-corrected chi connectivity index (χ3v) is 7.99. The Bertz CT molecular complexity index is 1070. The molecule has 0 saturated carbocycles. The Balaban J connectivity index is 1.73. The lowest BCUT2D eigenvalue weighted by Gasteiger charge is -2.25. The maximum Gasteiger partial charge on any atom is 0.339 e. The molecule has 3 heterocycles. The molecule has 1 aliphatic heterocycles. The molecule has 0 radical (unpaired) electrons. The van der Waals surface area contributed by atoms with Crippen LogP contribution in [0.5, 0.6) is 0 Å². The maximum absolute atomic E-state index is 12.9. The van der Waals surface area contributed by atoms with Gasteiger partial charge in [-0.15, -0.1) is 0 Å². The number of sulfonamides is 1. The van der Waals surface area contributed by atoms with Gasteiger partial charge in [0, 0.05) is 25.0 Å². The summed E-state index contributed by atoms with van der Waals surface area (Å²) in [6.45, 7) is 6.51. The van der Waals surface area contributed by atoms with E-state index >= 15 is 0 Å². The lowest BCUT2D eigenvalue weighted by Crippen LogP contribution is -2.40. The molecular formula is C20H25N3O6S2. The molecule has 1 aliphatic rings. The molecule has 0 amide bonds. The average molecular weight is 468 g/mol. The SMILES string of the molecule is COC(=O)c1c(C)[nH]c(C(=O)C(C)Sc2ccc(S(=O)(=O)N3CCOCC3)cn2)c1C. The molecule has 1 atom stereocenters. The lowest BCUT2D eigenvalue weighted by atomic mass is 10.1. The number of ether oxygens (including phenoxy) is 2. The van der Waals surface area contributed by atoms with E-state index in [0.29, 0.717) is 53.8 Å². The number of aromatic amines is 1. The van der Waals surface area contributed by atoms with Crippen LogP contribution in [0.1, 0.15) is 39.0 Å². The van der Waals surface area contributed by atoms with E-state index in [2.05, 4.69) is 9.97 Å². The molecule has 31 heavy (non-hydrogen) atoms. The van der Waals surface area contributed by atoms with Crippen molar-refractivity contribution in [3.05, 3.63) is 40.8 Å². The summed E-state index contributed by atoms with van der Waals surface area (Å²) in [4.78, 5) is 32.2. The highest BCUT2D eigenvalue weighted by molar-refractivity contribution is 8.00. The molecule has 2 aromatic heterocycles. The Labute approximate surface area is 185 Å². The summed E-state index contributed by atoms with van der Waals surface area (Å²) in [5, 5.41) is 0.0207. The Hall–Kier alpha value is -2.21. The number of thioether (sulfide) groups is 1. The van der Waals surface area contributed by atoms with Gasteiger partial charge in [-0.25, -0.2) is 18.2 Å². The molecule has 1 saturated heterocycles. The highest BCUT2D eigenvalue weighted by atomic mass is 32.2. The monoisotopic (exact) mass is 467 g/mol. The highest BCUT2D eigenvalue weighted by Crippen LogP contribution is 2.28. The minimum atomic E-state index is -3.62. The van der Waals surface area contributed by atoms with E-state index in [1.807, 2.05) is 0 Å². The van der Waals surface area contributed by atoms with Gasteiger partial charge in [0.15, 0.2) is 5.78 Å². The third kappa shape index (κ3) is 4.84. The van der Waals surface area contributed by atoms with Crippen molar-refractivity contribution in [2.45, 2.75) is 35.9 Å². The van der Waals surface area contributed by atoms with Gasteiger partial charge < -0.3 is 14.5 Å². The number of pyridine rings is 1. The number of ketones is 1. The van der Waals surface area contributed by atoms with E-state index in [4.69, 9.17) is 9.47 Å². The molecule has 3 rings (SSSR count). The highest BCUT2D eigenvalue weighted by Gasteiger charge is 2.28. The number of hydrogen-bond acceptors (Lipinski definition) is 8. The molecule has 0 spiro atoms. The summed E-state index contributed by atoms with van der Waals surface area (Å²) in [5.41, 5.74) is 1.82. The van der Waals surface area contributed by atoms with Crippen LogP contribution in [-0.2, 0) is 19.5 Å². The van der Waals surface area contributed by atoms with Gasteiger partial charge >= 0.3 is 5.97 Å². The van der Waals surface area contributed by atoms with Crippen molar-refractivity contribution in [2.24, 2.45) is 0 Å². The number of hydrogen-bond donors (Lipinski definition) is 1. The van der Waals surface area contributed by atoms with Gasteiger partial charge in [0.2, 0.25) is 10.0 Å². The van der Waals surface area contributed by atoms with Crippen LogP contribution in [0.3, 0.4) is 0 Å². The standard InChI is InChI=1S/C20H25N3O6S2/c1-12-17(20(25)28-4)13(2)22-18(12)19(24)14(3)30-16-6-5-15(11-21-16)31(26,27)23-7-9-29-10-8-23/h5-6,11,14,22H,7-10H2,1-4H3. The summed E-state index contributed by atoms with van der Waals surface area (Å²) in [6, 6.07) is 3.09. The quantitative estimate of drug-likeness (QED) is 0.374. The normalized spacial score (nSPS) is 16.1. The first-order chi connectivity index (χ1) is 14.7. The summed E-state index contributed by atoms with van der Waals surface area (Å²) < 4.78 is 36.8. The number of rotatable bonds is 7. The van der Waals surface area contributed by atoms with E-state index in [1.165, 1.54) is 35.4 Å². The zero-order chi connectivity index (χ0) is 22.8. The number of nitrogens with one attached hydrogen (secondary N) is 1. The van der Waals surface area contributed by atoms with Crippen LogP contribution in [0.25, 0.3) is 0 Å². The molecular weight excluding hydrogens is 442 g/mol. The van der Waals surface area contributed by atoms with E-state index in [0.717, 1.165) is 0 Å². The van der Waals surface area contributed by atoms with Gasteiger partial charge in [0.1, 0.15) is 4.90 Å². The first-order valence-corrected chi connectivity index (χ1v) is 12.0. The maximum atomic E-state index is 12.9. The fraction of sp³-hybridized carbons (Fsp3) is 0.450. The van der Waals surface area contributed by atoms with Crippen LogP contribution in [0, 0.1) is 13.8 Å². The summed E-state index contributed by atoms with van der Waals surface area (Å²) in [6.07, 6.45) is 1.31. The Kier molecular flexibility index (Phi) is 7.20. The number of methoxy groups -OCH3 is 1. The van der Waals surface area contributed by atoms with Gasteiger partial charge in [-0.1, -0.05) is 11.8 Å². The fourth-order valence-electron chi connectivity index (χ4n) is 3.37. The number of Topliss-reactive ketones (excluding diaryl/α,β-unsaturated/α-hetero) is 1. The first kappa shape index (κ1) is 23.5. The molecule has 1 N–H and O–H groups in total. The Morgan fingerprint density at radius 3 is 2.52 bits per heavy atom. The number of aromatic nitrogens is 2. The van der Waals surface area contributed by atoms with E-state index < -0.39 is 21.2 Å². The summed E-state index contributed by atoms with van der Waals surface area (Å²) >= 11 is 1.21.